The summed E-state index contributed by atoms with van der Waals surface area (Å²) >= 11 is 0. The third-order valence-corrected chi connectivity index (χ3v) is 5.74. The SMILES string of the molecule is CN=C(NCCc1c[nH]c2ccc(F)cc12)NCC1CCCOC1c1ccccc1. The van der Waals surface area contributed by atoms with Crippen molar-refractivity contribution >= 4 is 16.9 Å². The van der Waals surface area contributed by atoms with Crippen LogP contribution in [-0.4, -0.2) is 37.7 Å². The Morgan fingerprint density at radius 1 is 1.20 bits per heavy atom. The fraction of sp³-hybridized carbons (Fsp3) is 0.375. The second kappa shape index (κ2) is 9.76. The smallest absolute Gasteiger partial charge is 0.190 e. The van der Waals surface area contributed by atoms with Crippen LogP contribution < -0.4 is 10.6 Å². The number of hydrogen-bond donors (Lipinski definition) is 3. The highest BCUT2D eigenvalue weighted by Gasteiger charge is 2.27. The first kappa shape index (κ1) is 20.4. The minimum atomic E-state index is -0.212. The number of fused-ring (bicyclic) bond motifs is 1. The number of benzene rings is 2. The number of rotatable bonds is 6. The quantitative estimate of drug-likeness (QED) is 0.424. The van der Waals surface area contributed by atoms with Crippen molar-refractivity contribution in [1.29, 1.82) is 0 Å². The minimum Gasteiger partial charge on any atom is -0.373 e. The van der Waals surface area contributed by atoms with Crippen LogP contribution in [0.25, 0.3) is 10.9 Å². The molecule has 5 nitrogen and oxygen atoms in total. The maximum Gasteiger partial charge on any atom is 0.190 e. The molecule has 6 heteroatoms. The van der Waals surface area contributed by atoms with Gasteiger partial charge in [-0.1, -0.05) is 30.3 Å². The van der Waals surface area contributed by atoms with Gasteiger partial charge in [0.05, 0.1) is 6.10 Å². The molecular formula is C24H29FN4O. The number of guanidine groups is 1. The molecular weight excluding hydrogens is 379 g/mol. The first-order valence-corrected chi connectivity index (χ1v) is 10.6. The first-order valence-electron chi connectivity index (χ1n) is 10.6. The van der Waals surface area contributed by atoms with E-state index >= 15 is 0 Å². The van der Waals surface area contributed by atoms with Crippen LogP contribution in [0.2, 0.25) is 0 Å². The molecule has 4 rings (SSSR count). The van der Waals surface area contributed by atoms with Crippen molar-refractivity contribution in [1.82, 2.24) is 15.6 Å². The van der Waals surface area contributed by atoms with Gasteiger partial charge in [0.1, 0.15) is 5.82 Å². The fourth-order valence-corrected chi connectivity index (χ4v) is 4.18. The van der Waals surface area contributed by atoms with Gasteiger partial charge in [0.15, 0.2) is 5.96 Å². The number of hydrogen-bond acceptors (Lipinski definition) is 2. The van der Waals surface area contributed by atoms with E-state index in [0.29, 0.717) is 12.5 Å². The van der Waals surface area contributed by atoms with Crippen molar-refractivity contribution in [3.05, 3.63) is 71.7 Å². The summed E-state index contributed by atoms with van der Waals surface area (Å²) in [5.74, 6) is 0.964. The summed E-state index contributed by atoms with van der Waals surface area (Å²) in [4.78, 5) is 7.55. The average molecular weight is 409 g/mol. The number of ether oxygens (including phenoxy) is 1. The summed E-state index contributed by atoms with van der Waals surface area (Å²) in [6, 6.07) is 15.3. The molecule has 2 heterocycles. The predicted molar refractivity (Wildman–Crippen MR) is 119 cm³/mol. The standard InChI is InChI=1S/C24H29FN4O/c1-26-24(27-12-11-18-15-28-22-10-9-20(25)14-21(18)22)29-16-19-8-5-13-30-23(19)17-6-3-2-4-7-17/h2-4,6-7,9-10,14-15,19,23,28H,5,8,11-13,16H2,1H3,(H2,26,27,29). The molecule has 1 aromatic heterocycles. The van der Waals surface area contributed by atoms with Crippen LogP contribution in [0, 0.1) is 11.7 Å². The van der Waals surface area contributed by atoms with Crippen molar-refractivity contribution in [3.8, 4) is 0 Å². The minimum absolute atomic E-state index is 0.117. The van der Waals surface area contributed by atoms with Gasteiger partial charge in [0.2, 0.25) is 0 Å². The molecule has 0 aliphatic carbocycles. The average Bonchev–Trinajstić information content (AvgIpc) is 3.19. The Hall–Kier alpha value is -2.86. The molecule has 0 amide bonds. The van der Waals surface area contributed by atoms with Crippen LogP contribution in [0.4, 0.5) is 4.39 Å². The summed E-state index contributed by atoms with van der Waals surface area (Å²) in [6.07, 6.45) is 5.06. The maximum atomic E-state index is 13.6. The van der Waals surface area contributed by atoms with E-state index in [4.69, 9.17) is 4.74 Å². The zero-order chi connectivity index (χ0) is 20.8. The van der Waals surface area contributed by atoms with E-state index in [0.717, 1.165) is 54.8 Å². The van der Waals surface area contributed by atoms with Crippen LogP contribution in [0.1, 0.15) is 30.1 Å². The van der Waals surface area contributed by atoms with E-state index in [1.54, 1.807) is 19.2 Å². The van der Waals surface area contributed by atoms with Gasteiger partial charge < -0.3 is 20.4 Å². The van der Waals surface area contributed by atoms with E-state index < -0.39 is 0 Å². The highest BCUT2D eigenvalue weighted by molar-refractivity contribution is 5.83. The Morgan fingerprint density at radius 3 is 2.90 bits per heavy atom. The Morgan fingerprint density at radius 2 is 2.07 bits per heavy atom. The third-order valence-electron chi connectivity index (χ3n) is 5.74. The molecule has 0 radical (unpaired) electrons. The van der Waals surface area contributed by atoms with Crippen molar-refractivity contribution < 1.29 is 9.13 Å². The molecule has 1 aliphatic rings. The molecule has 30 heavy (non-hydrogen) atoms. The zero-order valence-corrected chi connectivity index (χ0v) is 17.3. The van der Waals surface area contributed by atoms with Gasteiger partial charge in [-0.05, 0) is 48.6 Å². The number of aromatic nitrogens is 1. The monoisotopic (exact) mass is 408 g/mol. The predicted octanol–water partition coefficient (Wildman–Crippen LogP) is 4.18. The Labute approximate surface area is 176 Å². The lowest BCUT2D eigenvalue weighted by Crippen LogP contribution is -2.42. The molecule has 1 fully saturated rings. The number of aliphatic imine (C=N–C) groups is 1. The van der Waals surface area contributed by atoms with E-state index in [-0.39, 0.29) is 11.9 Å². The number of nitrogens with one attached hydrogen (secondary N) is 3. The lowest BCUT2D eigenvalue weighted by Gasteiger charge is -2.32. The van der Waals surface area contributed by atoms with Crippen molar-refractivity contribution in [2.24, 2.45) is 10.9 Å². The summed E-state index contributed by atoms with van der Waals surface area (Å²) in [5, 5.41) is 7.76. The number of halogens is 1. The van der Waals surface area contributed by atoms with Crippen LogP contribution in [0.3, 0.4) is 0 Å². The van der Waals surface area contributed by atoms with E-state index in [1.807, 2.05) is 12.3 Å². The molecule has 0 saturated carbocycles. The molecule has 2 aromatic carbocycles. The fourth-order valence-electron chi connectivity index (χ4n) is 4.18. The van der Waals surface area contributed by atoms with Gasteiger partial charge >= 0.3 is 0 Å². The highest BCUT2D eigenvalue weighted by Crippen LogP contribution is 2.33. The number of aromatic amines is 1. The first-order chi connectivity index (χ1) is 14.7. The Bertz CT molecular complexity index is 985. The van der Waals surface area contributed by atoms with Crippen LogP contribution in [0.15, 0.2) is 59.7 Å². The molecule has 1 saturated heterocycles. The van der Waals surface area contributed by atoms with Gasteiger partial charge in [-0.2, -0.15) is 0 Å². The van der Waals surface area contributed by atoms with Gasteiger partial charge in [0, 0.05) is 49.8 Å². The largest absolute Gasteiger partial charge is 0.373 e. The Kier molecular flexibility index (Phi) is 6.64. The second-order valence-corrected chi connectivity index (χ2v) is 7.74. The third kappa shape index (κ3) is 4.82. The Balaban J connectivity index is 1.30. The van der Waals surface area contributed by atoms with E-state index in [1.165, 1.54) is 11.6 Å². The van der Waals surface area contributed by atoms with Crippen molar-refractivity contribution in [2.45, 2.75) is 25.4 Å². The lowest BCUT2D eigenvalue weighted by atomic mass is 9.89. The zero-order valence-electron chi connectivity index (χ0n) is 17.3. The highest BCUT2D eigenvalue weighted by atomic mass is 19.1. The number of H-pyrrole nitrogens is 1. The molecule has 2 atom stereocenters. The van der Waals surface area contributed by atoms with Crippen molar-refractivity contribution in [2.75, 3.05) is 26.7 Å². The topological polar surface area (TPSA) is 61.4 Å². The van der Waals surface area contributed by atoms with Gasteiger partial charge in [0.25, 0.3) is 0 Å². The summed E-state index contributed by atoms with van der Waals surface area (Å²) in [6.45, 7) is 2.33. The summed E-state index contributed by atoms with van der Waals surface area (Å²) in [7, 11) is 1.78. The van der Waals surface area contributed by atoms with Crippen LogP contribution in [-0.2, 0) is 11.2 Å². The van der Waals surface area contributed by atoms with Gasteiger partial charge in [-0.15, -0.1) is 0 Å². The lowest BCUT2D eigenvalue weighted by molar-refractivity contribution is -0.0265. The van der Waals surface area contributed by atoms with Gasteiger partial charge in [-0.3, -0.25) is 4.99 Å². The van der Waals surface area contributed by atoms with Crippen LogP contribution >= 0.6 is 0 Å². The molecule has 158 valence electrons. The summed E-state index contributed by atoms with van der Waals surface area (Å²) in [5.41, 5.74) is 3.29. The van der Waals surface area contributed by atoms with Crippen molar-refractivity contribution in [3.63, 3.8) is 0 Å². The maximum absolute atomic E-state index is 13.6. The molecule has 0 spiro atoms. The molecule has 3 aromatic rings. The normalized spacial score (nSPS) is 19.7. The molecule has 3 N–H and O–H groups in total. The van der Waals surface area contributed by atoms with E-state index in [9.17, 15) is 4.39 Å². The summed E-state index contributed by atoms with van der Waals surface area (Å²) < 4.78 is 19.7. The van der Waals surface area contributed by atoms with Gasteiger partial charge in [-0.25, -0.2) is 4.39 Å². The molecule has 1 aliphatic heterocycles. The van der Waals surface area contributed by atoms with E-state index in [2.05, 4.69) is 44.9 Å². The second-order valence-electron chi connectivity index (χ2n) is 7.74. The molecule has 0 bridgehead atoms. The molecule has 2 unspecified atom stereocenters. The van der Waals surface area contributed by atoms with Crippen LogP contribution in [0.5, 0.6) is 0 Å². The number of nitrogens with zero attached hydrogens (tertiary/aromatic N) is 1.